The number of H-pyrrole nitrogens is 1. The Hall–Kier alpha value is -3.40. The Morgan fingerprint density at radius 1 is 0.867 bits per heavy atom. The number of carbonyl (C=O) groups excluding carboxylic acids is 3. The summed E-state index contributed by atoms with van der Waals surface area (Å²) < 4.78 is 6.85. The van der Waals surface area contributed by atoms with Gasteiger partial charge in [-0.1, -0.05) is 104 Å². The Kier molecular flexibility index (Phi) is 14.4. The van der Waals surface area contributed by atoms with E-state index in [4.69, 9.17) is 16.3 Å². The Morgan fingerprint density at radius 2 is 1.51 bits per heavy atom. The molecule has 1 aromatic carbocycles. The first-order chi connectivity index (χ1) is 21.5. The van der Waals surface area contributed by atoms with Crippen LogP contribution in [0, 0.1) is 0 Å². The van der Waals surface area contributed by atoms with Crippen molar-refractivity contribution in [1.29, 1.82) is 0 Å². The first-order valence-electron chi connectivity index (χ1n) is 16.6. The highest BCUT2D eigenvalue weighted by Crippen LogP contribution is 2.34. The number of carbonyl (C=O) groups is 3. The lowest BCUT2D eigenvalue weighted by molar-refractivity contribution is -0.144. The van der Waals surface area contributed by atoms with E-state index in [-0.39, 0.29) is 36.0 Å². The molecule has 0 bridgehead atoms. The second kappa shape index (κ2) is 17.9. The van der Waals surface area contributed by atoms with Crippen molar-refractivity contribution in [3.8, 4) is 11.4 Å². The summed E-state index contributed by atoms with van der Waals surface area (Å²) in [5.74, 6) is -0.492. The van der Waals surface area contributed by atoms with Crippen LogP contribution in [-0.4, -0.2) is 44.2 Å². The number of anilines is 2. The van der Waals surface area contributed by atoms with Gasteiger partial charge in [-0.25, -0.2) is 4.98 Å². The number of aromatic nitrogens is 4. The molecule has 2 heterocycles. The number of benzene rings is 1. The predicted molar refractivity (Wildman–Crippen MR) is 181 cm³/mol. The third-order valence-electron chi connectivity index (χ3n) is 7.60. The fourth-order valence-corrected chi connectivity index (χ4v) is 5.50. The molecular formula is C34H51ClN6O4. The SMILES string of the molecule is CCCCCCCCCCCCOC(=O)CCC(=O)Nc1ccc(NC(=O)CCC)c(-c2nc3c(Cl)c(C(C)(C)C)[nH]n3n2)c1. The molecule has 0 saturated carbocycles. The number of hydrogen-bond donors (Lipinski definition) is 3. The molecule has 0 aliphatic heterocycles. The summed E-state index contributed by atoms with van der Waals surface area (Å²) in [6.45, 7) is 10.7. The summed E-state index contributed by atoms with van der Waals surface area (Å²) in [6, 6.07) is 5.10. The van der Waals surface area contributed by atoms with Crippen LogP contribution in [0.2, 0.25) is 5.02 Å². The largest absolute Gasteiger partial charge is 0.466 e. The first kappa shape index (κ1) is 36.1. The van der Waals surface area contributed by atoms with Crippen molar-refractivity contribution in [3.63, 3.8) is 0 Å². The van der Waals surface area contributed by atoms with Crippen LogP contribution >= 0.6 is 11.6 Å². The smallest absolute Gasteiger partial charge is 0.306 e. The van der Waals surface area contributed by atoms with Crippen molar-refractivity contribution < 1.29 is 19.1 Å². The van der Waals surface area contributed by atoms with E-state index in [2.05, 4.69) is 32.7 Å². The van der Waals surface area contributed by atoms with Crippen molar-refractivity contribution in [2.75, 3.05) is 17.2 Å². The number of ether oxygens (including phenoxy) is 1. The number of unbranched alkanes of at least 4 members (excludes halogenated alkanes) is 9. The van der Waals surface area contributed by atoms with Crippen LogP contribution in [0.1, 0.15) is 130 Å². The maximum Gasteiger partial charge on any atom is 0.306 e. The molecule has 0 radical (unpaired) electrons. The van der Waals surface area contributed by atoms with E-state index in [0.717, 1.165) is 25.0 Å². The second-order valence-electron chi connectivity index (χ2n) is 12.7. The molecule has 3 N–H and O–H groups in total. The fraction of sp³-hybridized carbons (Fsp3) is 0.618. The van der Waals surface area contributed by atoms with E-state index in [0.29, 0.717) is 52.9 Å². The zero-order valence-electron chi connectivity index (χ0n) is 27.7. The Labute approximate surface area is 272 Å². The van der Waals surface area contributed by atoms with Gasteiger partial charge in [0.25, 0.3) is 0 Å². The van der Waals surface area contributed by atoms with Crippen LogP contribution in [0.15, 0.2) is 18.2 Å². The molecule has 0 saturated heterocycles. The van der Waals surface area contributed by atoms with E-state index in [1.807, 2.05) is 27.7 Å². The van der Waals surface area contributed by atoms with E-state index in [1.54, 1.807) is 18.2 Å². The summed E-state index contributed by atoms with van der Waals surface area (Å²) in [6.07, 6.45) is 13.2. The number of amides is 2. The van der Waals surface area contributed by atoms with Crippen molar-refractivity contribution in [2.45, 2.75) is 130 Å². The van der Waals surface area contributed by atoms with E-state index in [9.17, 15) is 14.4 Å². The number of aromatic amines is 1. The summed E-state index contributed by atoms with van der Waals surface area (Å²) in [5.41, 5.74) is 2.57. The molecule has 0 unspecified atom stereocenters. The van der Waals surface area contributed by atoms with Gasteiger partial charge >= 0.3 is 5.97 Å². The standard InChI is InChI=1S/C34H51ClN6O4/c1-6-8-9-10-11-12-13-14-15-16-22-45-29(44)21-20-28(43)36-24-18-19-26(37-27(42)17-7-2)25(23-24)32-38-33-30(35)31(34(3,4)5)39-41(33)40-32/h18-19,23,39H,6-17,20-22H2,1-5H3,(H,36,43)(H,37,42). The van der Waals surface area contributed by atoms with Gasteiger partial charge in [-0.05, 0) is 31.0 Å². The van der Waals surface area contributed by atoms with Gasteiger partial charge in [-0.15, -0.1) is 5.10 Å². The molecule has 0 atom stereocenters. The highest BCUT2D eigenvalue weighted by Gasteiger charge is 2.25. The van der Waals surface area contributed by atoms with E-state index in [1.165, 1.54) is 49.6 Å². The highest BCUT2D eigenvalue weighted by atomic mass is 35.5. The molecule has 2 amide bonds. The quantitative estimate of drug-likeness (QED) is 0.0886. The van der Waals surface area contributed by atoms with Gasteiger partial charge in [-0.2, -0.15) is 4.63 Å². The minimum absolute atomic E-state index is 0.00187. The topological polar surface area (TPSA) is 130 Å². The lowest BCUT2D eigenvalue weighted by Crippen LogP contribution is -2.15. The molecule has 2 aromatic heterocycles. The second-order valence-corrected chi connectivity index (χ2v) is 13.1. The van der Waals surface area contributed by atoms with Gasteiger partial charge in [0.1, 0.15) is 5.02 Å². The Balaban J connectivity index is 1.53. The number of rotatable bonds is 19. The van der Waals surface area contributed by atoms with Gasteiger partial charge in [-0.3, -0.25) is 19.5 Å². The van der Waals surface area contributed by atoms with Gasteiger partial charge in [0.05, 0.1) is 24.4 Å². The Bertz CT molecular complexity index is 1410. The van der Waals surface area contributed by atoms with Crippen LogP contribution in [0.4, 0.5) is 11.4 Å². The average Bonchev–Trinajstić information content (AvgIpc) is 3.55. The molecule has 248 valence electrons. The third-order valence-corrected chi connectivity index (χ3v) is 7.96. The fourth-order valence-electron chi connectivity index (χ4n) is 5.05. The molecule has 0 aliphatic carbocycles. The van der Waals surface area contributed by atoms with E-state index >= 15 is 0 Å². The molecule has 0 spiro atoms. The van der Waals surface area contributed by atoms with Gasteiger partial charge in [0, 0.05) is 29.5 Å². The average molecular weight is 643 g/mol. The minimum Gasteiger partial charge on any atom is -0.466 e. The molecular weight excluding hydrogens is 592 g/mol. The predicted octanol–water partition coefficient (Wildman–Crippen LogP) is 8.60. The number of fused-ring (bicyclic) bond motifs is 1. The number of nitrogens with one attached hydrogen (secondary N) is 3. The van der Waals surface area contributed by atoms with Crippen molar-refractivity contribution in [2.24, 2.45) is 0 Å². The molecule has 3 rings (SSSR count). The van der Waals surface area contributed by atoms with Crippen LogP contribution in [-0.2, 0) is 24.5 Å². The normalized spacial score (nSPS) is 11.6. The molecule has 0 fully saturated rings. The molecule has 3 aromatic rings. The maximum atomic E-state index is 12.7. The third kappa shape index (κ3) is 11.5. The molecule has 45 heavy (non-hydrogen) atoms. The Morgan fingerprint density at radius 3 is 2.13 bits per heavy atom. The van der Waals surface area contributed by atoms with Crippen LogP contribution in [0.5, 0.6) is 0 Å². The lowest BCUT2D eigenvalue weighted by Gasteiger charge is -2.16. The summed E-state index contributed by atoms with van der Waals surface area (Å²) in [4.78, 5) is 42.0. The van der Waals surface area contributed by atoms with Crippen LogP contribution in [0.3, 0.4) is 0 Å². The number of nitrogens with zero attached hydrogens (tertiary/aromatic N) is 3. The minimum atomic E-state index is -0.375. The highest BCUT2D eigenvalue weighted by molar-refractivity contribution is 6.34. The van der Waals surface area contributed by atoms with Gasteiger partial charge < -0.3 is 15.4 Å². The first-order valence-corrected chi connectivity index (χ1v) is 17.0. The van der Waals surface area contributed by atoms with Crippen molar-refractivity contribution in [3.05, 3.63) is 28.9 Å². The number of esters is 1. The molecule has 0 aliphatic rings. The lowest BCUT2D eigenvalue weighted by atomic mass is 9.92. The maximum absolute atomic E-state index is 12.7. The van der Waals surface area contributed by atoms with Crippen LogP contribution < -0.4 is 10.6 Å². The van der Waals surface area contributed by atoms with Gasteiger partial charge in [0.15, 0.2) is 11.5 Å². The van der Waals surface area contributed by atoms with E-state index < -0.39 is 0 Å². The summed E-state index contributed by atoms with van der Waals surface area (Å²) in [7, 11) is 0. The number of hydrogen-bond acceptors (Lipinski definition) is 6. The summed E-state index contributed by atoms with van der Waals surface area (Å²) in [5, 5.41) is 14.0. The molecule has 10 nitrogen and oxygen atoms in total. The zero-order chi connectivity index (χ0) is 32.8. The monoisotopic (exact) mass is 642 g/mol. The zero-order valence-corrected chi connectivity index (χ0v) is 28.4. The van der Waals surface area contributed by atoms with Gasteiger partial charge in [0.2, 0.25) is 11.8 Å². The molecule has 11 heteroatoms. The summed E-state index contributed by atoms with van der Waals surface area (Å²) >= 11 is 6.63. The number of halogens is 1. The van der Waals surface area contributed by atoms with Crippen molar-refractivity contribution >= 4 is 46.4 Å². The van der Waals surface area contributed by atoms with Crippen molar-refractivity contribution in [1.82, 2.24) is 19.8 Å². The van der Waals surface area contributed by atoms with Crippen LogP contribution in [0.25, 0.3) is 17.0 Å².